The summed E-state index contributed by atoms with van der Waals surface area (Å²) in [5.41, 5.74) is 0.881. The SMILES string of the molecule is CCNC(=NCCC(F)(F)F)NC1CCN(Cc2ccc(OC)c(F)c2)CC1. The second kappa shape index (κ2) is 10.5. The Balaban J connectivity index is 1.81. The molecule has 1 aliphatic heterocycles. The summed E-state index contributed by atoms with van der Waals surface area (Å²) in [6.45, 7) is 4.44. The molecular weight excluding hydrogens is 376 g/mol. The van der Waals surface area contributed by atoms with Gasteiger partial charge in [0, 0.05) is 32.2 Å². The average Bonchev–Trinajstić information content (AvgIpc) is 2.62. The Kier molecular flexibility index (Phi) is 8.35. The van der Waals surface area contributed by atoms with Gasteiger partial charge in [0.25, 0.3) is 0 Å². The molecule has 1 saturated heterocycles. The van der Waals surface area contributed by atoms with Crippen molar-refractivity contribution >= 4 is 5.96 Å². The highest BCUT2D eigenvalue weighted by molar-refractivity contribution is 5.80. The lowest BCUT2D eigenvalue weighted by Gasteiger charge is -2.33. The van der Waals surface area contributed by atoms with Gasteiger partial charge < -0.3 is 15.4 Å². The van der Waals surface area contributed by atoms with Crippen LogP contribution < -0.4 is 15.4 Å². The van der Waals surface area contributed by atoms with Gasteiger partial charge in [-0.3, -0.25) is 9.89 Å². The van der Waals surface area contributed by atoms with Gasteiger partial charge in [-0.25, -0.2) is 4.39 Å². The van der Waals surface area contributed by atoms with Gasteiger partial charge in [0.1, 0.15) is 0 Å². The first-order valence-corrected chi connectivity index (χ1v) is 9.47. The molecule has 0 aromatic heterocycles. The minimum atomic E-state index is -4.20. The molecular formula is C19H28F4N4O. The quantitative estimate of drug-likeness (QED) is 0.416. The van der Waals surface area contributed by atoms with Crippen molar-refractivity contribution in [2.45, 2.75) is 44.9 Å². The van der Waals surface area contributed by atoms with E-state index in [4.69, 9.17) is 4.74 Å². The van der Waals surface area contributed by atoms with Crippen molar-refractivity contribution in [1.82, 2.24) is 15.5 Å². The molecule has 1 aromatic carbocycles. The smallest absolute Gasteiger partial charge is 0.390 e. The lowest BCUT2D eigenvalue weighted by Crippen LogP contribution is -2.48. The highest BCUT2D eigenvalue weighted by Crippen LogP contribution is 2.21. The van der Waals surface area contributed by atoms with Gasteiger partial charge in [0.15, 0.2) is 17.5 Å². The number of halogens is 4. The molecule has 1 aliphatic rings. The third-order valence-electron chi connectivity index (χ3n) is 4.56. The van der Waals surface area contributed by atoms with Crippen LogP contribution in [0.3, 0.4) is 0 Å². The Morgan fingerprint density at radius 3 is 2.57 bits per heavy atom. The molecule has 2 rings (SSSR count). The van der Waals surface area contributed by atoms with Gasteiger partial charge in [0.05, 0.1) is 20.1 Å². The molecule has 2 N–H and O–H groups in total. The molecule has 0 radical (unpaired) electrons. The Hall–Kier alpha value is -2.03. The maximum absolute atomic E-state index is 13.8. The second-order valence-electron chi connectivity index (χ2n) is 6.79. The minimum absolute atomic E-state index is 0.146. The first kappa shape index (κ1) is 22.3. The fraction of sp³-hybridized carbons (Fsp3) is 0.632. The lowest BCUT2D eigenvalue weighted by atomic mass is 10.0. The predicted molar refractivity (Wildman–Crippen MR) is 101 cm³/mol. The molecule has 5 nitrogen and oxygen atoms in total. The number of benzene rings is 1. The monoisotopic (exact) mass is 404 g/mol. The van der Waals surface area contributed by atoms with Gasteiger partial charge in [-0.15, -0.1) is 0 Å². The van der Waals surface area contributed by atoms with Crippen LogP contribution in [0.5, 0.6) is 5.75 Å². The maximum atomic E-state index is 13.8. The minimum Gasteiger partial charge on any atom is -0.494 e. The number of guanidine groups is 1. The number of ether oxygens (including phenoxy) is 1. The molecule has 0 saturated carbocycles. The predicted octanol–water partition coefficient (Wildman–Crippen LogP) is 3.31. The normalized spacial score (nSPS) is 16.9. The van der Waals surface area contributed by atoms with E-state index in [1.807, 2.05) is 13.0 Å². The Labute approximate surface area is 163 Å². The fourth-order valence-corrected chi connectivity index (χ4v) is 3.11. The van der Waals surface area contributed by atoms with Gasteiger partial charge >= 0.3 is 6.18 Å². The number of methoxy groups -OCH3 is 1. The van der Waals surface area contributed by atoms with E-state index in [-0.39, 0.29) is 24.2 Å². The van der Waals surface area contributed by atoms with Crippen molar-refractivity contribution < 1.29 is 22.3 Å². The van der Waals surface area contributed by atoms with Crippen LogP contribution in [0.4, 0.5) is 17.6 Å². The van der Waals surface area contributed by atoms with E-state index < -0.39 is 12.6 Å². The van der Waals surface area contributed by atoms with Gasteiger partial charge in [0.2, 0.25) is 0 Å². The standard InChI is InChI=1S/C19H28F4N4O/c1-3-24-18(25-9-8-19(21,22)23)26-15-6-10-27(11-7-15)13-14-4-5-17(28-2)16(20)12-14/h4-5,12,15H,3,6-11,13H2,1-2H3,(H2,24,25,26). The molecule has 1 aromatic rings. The number of rotatable bonds is 7. The summed E-state index contributed by atoms with van der Waals surface area (Å²) in [7, 11) is 1.43. The van der Waals surface area contributed by atoms with Gasteiger partial charge in [-0.05, 0) is 37.5 Å². The number of likely N-dealkylation sites (tertiary alicyclic amines) is 1. The van der Waals surface area contributed by atoms with Crippen molar-refractivity contribution in [1.29, 1.82) is 0 Å². The van der Waals surface area contributed by atoms with Crippen molar-refractivity contribution in [3.8, 4) is 5.75 Å². The van der Waals surface area contributed by atoms with Crippen LogP contribution in [0.2, 0.25) is 0 Å². The molecule has 0 amide bonds. The molecule has 0 spiro atoms. The van der Waals surface area contributed by atoms with Crippen LogP contribution in [-0.4, -0.2) is 56.4 Å². The topological polar surface area (TPSA) is 48.9 Å². The van der Waals surface area contributed by atoms with Crippen molar-refractivity contribution in [3.63, 3.8) is 0 Å². The summed E-state index contributed by atoms with van der Waals surface area (Å²) in [5.74, 6) is 0.275. The summed E-state index contributed by atoms with van der Waals surface area (Å²) in [4.78, 5) is 6.24. The Bertz CT molecular complexity index is 643. The van der Waals surface area contributed by atoms with Crippen LogP contribution in [0.25, 0.3) is 0 Å². The van der Waals surface area contributed by atoms with Crippen LogP contribution in [-0.2, 0) is 6.54 Å². The molecule has 1 fully saturated rings. The molecule has 0 aliphatic carbocycles. The van der Waals surface area contributed by atoms with E-state index in [0.29, 0.717) is 19.0 Å². The maximum Gasteiger partial charge on any atom is 0.390 e. The number of piperidine rings is 1. The van der Waals surface area contributed by atoms with Crippen LogP contribution in [0, 0.1) is 5.82 Å². The summed E-state index contributed by atoms with van der Waals surface area (Å²) >= 11 is 0. The lowest BCUT2D eigenvalue weighted by molar-refractivity contribution is -0.132. The molecule has 9 heteroatoms. The summed E-state index contributed by atoms with van der Waals surface area (Å²) < 4.78 is 55.6. The number of nitrogens with zero attached hydrogens (tertiary/aromatic N) is 2. The molecule has 1 heterocycles. The zero-order valence-corrected chi connectivity index (χ0v) is 16.3. The molecule has 0 atom stereocenters. The molecule has 158 valence electrons. The first-order chi connectivity index (χ1) is 13.3. The van der Waals surface area contributed by atoms with E-state index in [1.165, 1.54) is 13.2 Å². The molecule has 28 heavy (non-hydrogen) atoms. The zero-order chi connectivity index (χ0) is 20.6. The van der Waals surface area contributed by atoms with E-state index in [1.54, 1.807) is 6.07 Å². The molecule has 0 unspecified atom stereocenters. The number of aliphatic imine (C=N–C) groups is 1. The number of nitrogens with one attached hydrogen (secondary N) is 2. The largest absolute Gasteiger partial charge is 0.494 e. The Morgan fingerprint density at radius 2 is 2.00 bits per heavy atom. The number of hydrogen-bond donors (Lipinski definition) is 2. The highest BCUT2D eigenvalue weighted by Gasteiger charge is 2.26. The zero-order valence-electron chi connectivity index (χ0n) is 16.3. The molecule has 0 bridgehead atoms. The third-order valence-corrected chi connectivity index (χ3v) is 4.56. The van der Waals surface area contributed by atoms with Crippen molar-refractivity contribution in [3.05, 3.63) is 29.6 Å². The van der Waals surface area contributed by atoms with Gasteiger partial charge in [-0.1, -0.05) is 6.07 Å². The van der Waals surface area contributed by atoms with Crippen LogP contribution in [0.1, 0.15) is 31.7 Å². The van der Waals surface area contributed by atoms with Crippen LogP contribution >= 0.6 is 0 Å². The fourth-order valence-electron chi connectivity index (χ4n) is 3.11. The highest BCUT2D eigenvalue weighted by atomic mass is 19.4. The van der Waals surface area contributed by atoms with Crippen molar-refractivity contribution in [2.75, 3.05) is 33.3 Å². The Morgan fingerprint density at radius 1 is 1.29 bits per heavy atom. The van der Waals surface area contributed by atoms with Crippen LogP contribution in [0.15, 0.2) is 23.2 Å². The number of alkyl halides is 3. The summed E-state index contributed by atoms with van der Waals surface area (Å²) in [6.07, 6.45) is -3.46. The second-order valence-corrected chi connectivity index (χ2v) is 6.79. The first-order valence-electron chi connectivity index (χ1n) is 9.47. The van der Waals surface area contributed by atoms with Gasteiger partial charge in [-0.2, -0.15) is 13.2 Å². The third kappa shape index (κ3) is 7.53. The summed E-state index contributed by atoms with van der Waals surface area (Å²) in [5, 5.41) is 6.21. The van der Waals surface area contributed by atoms with E-state index in [2.05, 4.69) is 20.5 Å². The summed E-state index contributed by atoms with van der Waals surface area (Å²) in [6, 6.07) is 5.11. The van der Waals surface area contributed by atoms with E-state index >= 15 is 0 Å². The van der Waals surface area contributed by atoms with E-state index in [0.717, 1.165) is 31.5 Å². The van der Waals surface area contributed by atoms with E-state index in [9.17, 15) is 17.6 Å². The average molecular weight is 404 g/mol. The van der Waals surface area contributed by atoms with Crippen molar-refractivity contribution in [2.24, 2.45) is 4.99 Å². The number of hydrogen-bond acceptors (Lipinski definition) is 3.